The van der Waals surface area contributed by atoms with Gasteiger partial charge in [0.05, 0.1) is 5.69 Å². The fraction of sp³-hybridized carbons (Fsp3) is 0.375. The van der Waals surface area contributed by atoms with Gasteiger partial charge in [-0.25, -0.2) is 9.38 Å². The Morgan fingerprint density at radius 2 is 1.81 bits per heavy atom. The predicted molar refractivity (Wildman–Crippen MR) is 125 cm³/mol. The highest BCUT2D eigenvalue weighted by Crippen LogP contribution is 2.30. The molecule has 0 aromatic heterocycles. The number of unbranched alkanes of at least 4 members (excludes halogenated alkanes) is 4. The van der Waals surface area contributed by atoms with Gasteiger partial charge in [0.2, 0.25) is 11.8 Å². The third kappa shape index (κ3) is 6.92. The van der Waals surface area contributed by atoms with Crippen LogP contribution in [0.5, 0.6) is 0 Å². The topological polar surface area (TPSA) is 61.8 Å². The summed E-state index contributed by atoms with van der Waals surface area (Å²) in [6.07, 6.45) is 5.54. The number of halogens is 1. The van der Waals surface area contributed by atoms with Crippen LogP contribution in [-0.4, -0.2) is 33.7 Å². The zero-order valence-electron chi connectivity index (χ0n) is 17.7. The third-order valence-electron chi connectivity index (χ3n) is 5.01. The number of nitrogens with zero attached hydrogens (tertiary/aromatic N) is 2. The first-order chi connectivity index (χ1) is 15.1. The number of benzene rings is 2. The number of hydrogen-bond donors (Lipinski definition) is 1. The van der Waals surface area contributed by atoms with Crippen molar-refractivity contribution in [2.75, 3.05) is 11.9 Å². The van der Waals surface area contributed by atoms with Crippen molar-refractivity contribution in [3.05, 3.63) is 60.4 Å². The van der Waals surface area contributed by atoms with Gasteiger partial charge in [0, 0.05) is 18.7 Å². The van der Waals surface area contributed by atoms with Crippen LogP contribution in [0.25, 0.3) is 0 Å². The number of nitrogens with one attached hydrogen (secondary N) is 1. The number of para-hydroxylation sites is 1. The second-order valence-electron chi connectivity index (χ2n) is 7.50. The molecule has 1 N–H and O–H groups in total. The summed E-state index contributed by atoms with van der Waals surface area (Å²) < 4.78 is 13.3. The molecule has 5 nitrogen and oxygen atoms in total. The van der Waals surface area contributed by atoms with Crippen molar-refractivity contribution in [2.24, 2.45) is 4.99 Å². The molecule has 0 aliphatic carbocycles. The van der Waals surface area contributed by atoms with Crippen LogP contribution in [0.2, 0.25) is 0 Å². The number of carbonyl (C=O) groups is 2. The molecular weight excluding hydrogens is 413 g/mol. The molecule has 2 amide bonds. The Kier molecular flexibility index (Phi) is 8.64. The Morgan fingerprint density at radius 3 is 2.52 bits per heavy atom. The molecule has 1 fully saturated rings. The molecule has 3 rings (SSSR count). The molecular formula is C24H28FN3O2S. The van der Waals surface area contributed by atoms with Crippen LogP contribution in [0.4, 0.5) is 15.8 Å². The van der Waals surface area contributed by atoms with Gasteiger partial charge in [0.15, 0.2) is 5.17 Å². The third-order valence-corrected chi connectivity index (χ3v) is 6.20. The molecule has 31 heavy (non-hydrogen) atoms. The van der Waals surface area contributed by atoms with Crippen LogP contribution in [0.3, 0.4) is 0 Å². The molecule has 1 unspecified atom stereocenters. The van der Waals surface area contributed by atoms with E-state index in [1.54, 1.807) is 17.0 Å². The number of carbonyl (C=O) groups excluding carboxylic acids is 2. The lowest BCUT2D eigenvalue weighted by Crippen LogP contribution is -2.45. The van der Waals surface area contributed by atoms with Crippen molar-refractivity contribution >= 4 is 40.1 Å². The molecule has 1 heterocycles. The Labute approximate surface area is 187 Å². The van der Waals surface area contributed by atoms with Gasteiger partial charge < -0.3 is 5.32 Å². The number of amides is 2. The summed E-state index contributed by atoms with van der Waals surface area (Å²) >= 11 is 1.29. The minimum atomic E-state index is -0.566. The minimum absolute atomic E-state index is 0.108. The van der Waals surface area contributed by atoms with Gasteiger partial charge >= 0.3 is 0 Å². The van der Waals surface area contributed by atoms with Gasteiger partial charge in [-0.1, -0.05) is 62.6 Å². The molecule has 2 aromatic rings. The highest BCUT2D eigenvalue weighted by molar-refractivity contribution is 8.15. The Bertz CT molecular complexity index is 903. The lowest BCUT2D eigenvalue weighted by molar-refractivity contribution is -0.129. The Hall–Kier alpha value is -2.67. The smallest absolute Gasteiger partial charge is 0.238 e. The summed E-state index contributed by atoms with van der Waals surface area (Å²) in [4.78, 5) is 32.0. The van der Waals surface area contributed by atoms with Gasteiger partial charge in [0.25, 0.3) is 0 Å². The maximum absolute atomic E-state index is 13.3. The molecule has 1 saturated heterocycles. The predicted octanol–water partition coefficient (Wildman–Crippen LogP) is 5.76. The van der Waals surface area contributed by atoms with Crippen molar-refractivity contribution in [2.45, 2.75) is 50.7 Å². The van der Waals surface area contributed by atoms with E-state index in [9.17, 15) is 14.0 Å². The molecule has 0 saturated carbocycles. The first-order valence-electron chi connectivity index (χ1n) is 10.7. The number of rotatable bonds is 9. The van der Waals surface area contributed by atoms with Crippen molar-refractivity contribution < 1.29 is 14.0 Å². The Morgan fingerprint density at radius 1 is 1.10 bits per heavy atom. The van der Waals surface area contributed by atoms with Crippen molar-refractivity contribution in [1.29, 1.82) is 0 Å². The van der Waals surface area contributed by atoms with E-state index in [0.717, 1.165) is 25.7 Å². The SMILES string of the molecule is CCCCCCCN1C(=O)CC(C(=O)Nc2ccccc2)SC1=Nc1ccc(F)cc1. The fourth-order valence-electron chi connectivity index (χ4n) is 3.31. The molecule has 1 atom stereocenters. The molecule has 7 heteroatoms. The first-order valence-corrected chi connectivity index (χ1v) is 11.6. The maximum atomic E-state index is 13.3. The zero-order chi connectivity index (χ0) is 22.1. The highest BCUT2D eigenvalue weighted by Gasteiger charge is 2.35. The second kappa shape index (κ2) is 11.6. The van der Waals surface area contributed by atoms with E-state index in [-0.39, 0.29) is 24.1 Å². The monoisotopic (exact) mass is 441 g/mol. The summed E-state index contributed by atoms with van der Waals surface area (Å²) in [6, 6.07) is 15.0. The van der Waals surface area contributed by atoms with Crippen LogP contribution >= 0.6 is 11.8 Å². The molecule has 1 aliphatic heterocycles. The van der Waals surface area contributed by atoms with E-state index in [0.29, 0.717) is 23.1 Å². The molecule has 164 valence electrons. The van der Waals surface area contributed by atoms with Crippen molar-refractivity contribution in [3.63, 3.8) is 0 Å². The standard InChI is InChI=1S/C24H28FN3O2S/c1-2-3-4-5-9-16-28-22(29)17-21(23(30)26-19-10-7-6-8-11-19)31-24(28)27-20-14-12-18(25)13-15-20/h6-8,10-15,21H,2-5,9,16-17H2,1H3,(H,26,30). The summed E-state index contributed by atoms with van der Waals surface area (Å²) in [7, 11) is 0. The van der Waals surface area contributed by atoms with E-state index in [1.165, 1.54) is 30.3 Å². The molecule has 1 aliphatic rings. The molecule has 2 aromatic carbocycles. The van der Waals surface area contributed by atoms with Gasteiger partial charge in [-0.2, -0.15) is 0 Å². The second-order valence-corrected chi connectivity index (χ2v) is 8.67. The quantitative estimate of drug-likeness (QED) is 0.504. The van der Waals surface area contributed by atoms with E-state index < -0.39 is 5.25 Å². The average molecular weight is 442 g/mol. The number of aliphatic imine (C=N–C) groups is 1. The maximum Gasteiger partial charge on any atom is 0.238 e. The normalized spacial score (nSPS) is 17.7. The summed E-state index contributed by atoms with van der Waals surface area (Å²) in [5, 5.41) is 2.80. The minimum Gasteiger partial charge on any atom is -0.325 e. The van der Waals surface area contributed by atoms with E-state index >= 15 is 0 Å². The summed E-state index contributed by atoms with van der Waals surface area (Å²) in [6.45, 7) is 2.74. The number of amidine groups is 1. The van der Waals surface area contributed by atoms with Crippen molar-refractivity contribution in [1.82, 2.24) is 4.90 Å². The molecule has 0 radical (unpaired) electrons. The number of hydrogen-bond acceptors (Lipinski definition) is 4. The van der Waals surface area contributed by atoms with E-state index in [1.807, 2.05) is 30.3 Å². The van der Waals surface area contributed by atoms with Crippen LogP contribution in [0, 0.1) is 5.82 Å². The average Bonchev–Trinajstić information content (AvgIpc) is 2.77. The zero-order valence-corrected chi connectivity index (χ0v) is 18.5. The fourth-order valence-corrected chi connectivity index (χ4v) is 4.43. The van der Waals surface area contributed by atoms with Gasteiger partial charge in [-0.3, -0.25) is 14.5 Å². The summed E-state index contributed by atoms with van der Waals surface area (Å²) in [5.41, 5.74) is 1.24. The van der Waals surface area contributed by atoms with Gasteiger partial charge in [-0.05, 0) is 42.8 Å². The first kappa shape index (κ1) is 23.0. The van der Waals surface area contributed by atoms with Crippen LogP contribution in [0.15, 0.2) is 59.6 Å². The lowest BCUT2D eigenvalue weighted by Gasteiger charge is -2.31. The van der Waals surface area contributed by atoms with Crippen LogP contribution in [0.1, 0.15) is 45.4 Å². The lowest BCUT2D eigenvalue weighted by atomic mass is 10.1. The van der Waals surface area contributed by atoms with E-state index in [4.69, 9.17) is 0 Å². The van der Waals surface area contributed by atoms with Gasteiger partial charge in [0.1, 0.15) is 11.1 Å². The Balaban J connectivity index is 1.74. The van der Waals surface area contributed by atoms with E-state index in [2.05, 4.69) is 17.2 Å². The number of anilines is 1. The van der Waals surface area contributed by atoms with Gasteiger partial charge in [-0.15, -0.1) is 0 Å². The molecule has 0 bridgehead atoms. The van der Waals surface area contributed by atoms with Crippen LogP contribution in [-0.2, 0) is 9.59 Å². The molecule has 0 spiro atoms. The highest BCUT2D eigenvalue weighted by atomic mass is 32.2. The summed E-state index contributed by atoms with van der Waals surface area (Å²) in [5.74, 6) is -0.675. The van der Waals surface area contributed by atoms with Crippen molar-refractivity contribution in [3.8, 4) is 0 Å². The van der Waals surface area contributed by atoms with Crippen LogP contribution < -0.4 is 5.32 Å². The largest absolute Gasteiger partial charge is 0.325 e. The number of thioether (sulfide) groups is 1.